The lowest BCUT2D eigenvalue weighted by Crippen LogP contribution is -2.43. The molecule has 1 aliphatic rings. The molecule has 1 fully saturated rings. The zero-order valence-electron chi connectivity index (χ0n) is 13.0. The van der Waals surface area contributed by atoms with Crippen molar-refractivity contribution in [3.63, 3.8) is 0 Å². The standard InChI is InChI=1S/C16H22FNO3S/c1-12(11-22(2,20)21)18(15-7-8-15)16(19)9-6-13-4-3-5-14(17)10-13/h3-5,10,12,15H,6-9,11H2,1-2H3. The molecule has 0 saturated heterocycles. The third kappa shape index (κ3) is 5.09. The molecule has 1 aromatic rings. The number of rotatable bonds is 7. The normalized spacial score (nSPS) is 16.3. The summed E-state index contributed by atoms with van der Waals surface area (Å²) in [7, 11) is -3.12. The van der Waals surface area contributed by atoms with E-state index in [9.17, 15) is 17.6 Å². The molecule has 0 N–H and O–H groups in total. The lowest BCUT2D eigenvalue weighted by Gasteiger charge is -2.29. The van der Waals surface area contributed by atoms with E-state index in [1.807, 2.05) is 0 Å². The molecule has 0 aliphatic heterocycles. The predicted octanol–water partition coefficient (Wildman–Crippen LogP) is 2.18. The second-order valence-electron chi connectivity index (χ2n) is 6.10. The number of amides is 1. The maximum atomic E-state index is 13.1. The Kier molecular flexibility index (Phi) is 5.21. The number of hydrogen-bond acceptors (Lipinski definition) is 3. The van der Waals surface area contributed by atoms with E-state index >= 15 is 0 Å². The molecule has 2 rings (SSSR count). The van der Waals surface area contributed by atoms with Crippen LogP contribution in [-0.2, 0) is 21.1 Å². The SMILES string of the molecule is CC(CS(C)(=O)=O)N(C(=O)CCc1cccc(F)c1)C1CC1. The summed E-state index contributed by atoms with van der Waals surface area (Å²) in [5.41, 5.74) is 0.778. The number of halogens is 1. The van der Waals surface area contributed by atoms with Crippen molar-refractivity contribution in [2.45, 2.75) is 44.7 Å². The number of carbonyl (C=O) groups is 1. The average Bonchev–Trinajstić information content (AvgIpc) is 3.19. The van der Waals surface area contributed by atoms with E-state index in [2.05, 4.69) is 0 Å². The number of nitrogens with zero attached hydrogens (tertiary/aromatic N) is 1. The first-order valence-corrected chi connectivity index (χ1v) is 9.55. The quantitative estimate of drug-likeness (QED) is 0.771. The minimum Gasteiger partial charge on any atom is -0.336 e. The van der Waals surface area contributed by atoms with Gasteiger partial charge in [0.2, 0.25) is 5.91 Å². The molecule has 22 heavy (non-hydrogen) atoms. The molecule has 0 aromatic heterocycles. The van der Waals surface area contributed by atoms with Crippen LogP contribution < -0.4 is 0 Å². The van der Waals surface area contributed by atoms with Gasteiger partial charge in [-0.3, -0.25) is 4.79 Å². The maximum absolute atomic E-state index is 13.1. The van der Waals surface area contributed by atoms with Gasteiger partial charge in [0, 0.05) is 24.8 Å². The van der Waals surface area contributed by atoms with Crippen molar-refractivity contribution in [1.82, 2.24) is 4.90 Å². The van der Waals surface area contributed by atoms with Crippen molar-refractivity contribution in [2.75, 3.05) is 12.0 Å². The second-order valence-corrected chi connectivity index (χ2v) is 8.29. The van der Waals surface area contributed by atoms with E-state index in [1.165, 1.54) is 18.4 Å². The topological polar surface area (TPSA) is 54.5 Å². The van der Waals surface area contributed by atoms with Gasteiger partial charge in [0.05, 0.1) is 5.75 Å². The first-order chi connectivity index (χ1) is 10.3. The van der Waals surface area contributed by atoms with Gasteiger partial charge in [0.1, 0.15) is 15.7 Å². The van der Waals surface area contributed by atoms with Gasteiger partial charge >= 0.3 is 0 Å². The van der Waals surface area contributed by atoms with E-state index in [0.29, 0.717) is 6.42 Å². The Balaban J connectivity index is 1.98. The molecule has 4 nitrogen and oxygen atoms in total. The molecular weight excluding hydrogens is 305 g/mol. The average molecular weight is 327 g/mol. The lowest BCUT2D eigenvalue weighted by atomic mass is 10.1. The summed E-state index contributed by atoms with van der Waals surface area (Å²) >= 11 is 0. The summed E-state index contributed by atoms with van der Waals surface area (Å²) in [6.45, 7) is 1.78. The Morgan fingerprint density at radius 1 is 1.41 bits per heavy atom. The van der Waals surface area contributed by atoms with Gasteiger partial charge in [-0.05, 0) is 43.9 Å². The van der Waals surface area contributed by atoms with Crippen LogP contribution in [0, 0.1) is 5.82 Å². The first kappa shape index (κ1) is 16.9. The van der Waals surface area contributed by atoms with Gasteiger partial charge in [0.15, 0.2) is 0 Å². The van der Waals surface area contributed by atoms with Crippen LogP contribution in [0.1, 0.15) is 31.7 Å². The highest BCUT2D eigenvalue weighted by molar-refractivity contribution is 7.90. The zero-order chi connectivity index (χ0) is 16.3. The monoisotopic (exact) mass is 327 g/mol. The summed E-state index contributed by atoms with van der Waals surface area (Å²) in [6, 6.07) is 6.06. The third-order valence-corrected chi connectivity index (χ3v) is 4.85. The molecule has 1 aromatic carbocycles. The molecular formula is C16H22FNO3S. The molecule has 6 heteroatoms. The van der Waals surface area contributed by atoms with Gasteiger partial charge < -0.3 is 4.90 Å². The van der Waals surface area contributed by atoms with Crippen molar-refractivity contribution < 1.29 is 17.6 Å². The molecule has 0 radical (unpaired) electrons. The first-order valence-electron chi connectivity index (χ1n) is 7.49. The Hall–Kier alpha value is -1.43. The Morgan fingerprint density at radius 2 is 2.09 bits per heavy atom. The fourth-order valence-electron chi connectivity index (χ4n) is 2.75. The molecule has 1 amide bonds. The number of aryl methyl sites for hydroxylation is 1. The fraction of sp³-hybridized carbons (Fsp3) is 0.562. The van der Waals surface area contributed by atoms with Gasteiger partial charge in [-0.15, -0.1) is 0 Å². The highest BCUT2D eigenvalue weighted by Crippen LogP contribution is 2.30. The molecule has 1 saturated carbocycles. The molecule has 0 bridgehead atoms. The Bertz CT molecular complexity index is 641. The fourth-order valence-corrected chi connectivity index (χ4v) is 3.79. The molecule has 0 heterocycles. The molecule has 122 valence electrons. The number of hydrogen-bond donors (Lipinski definition) is 0. The molecule has 1 atom stereocenters. The van der Waals surface area contributed by atoms with Crippen LogP contribution in [0.15, 0.2) is 24.3 Å². The van der Waals surface area contributed by atoms with Crippen LogP contribution in [0.25, 0.3) is 0 Å². The van der Waals surface area contributed by atoms with Crippen molar-refractivity contribution in [3.8, 4) is 0 Å². The van der Waals surface area contributed by atoms with E-state index in [1.54, 1.807) is 24.0 Å². The Morgan fingerprint density at radius 3 is 2.64 bits per heavy atom. The smallest absolute Gasteiger partial charge is 0.223 e. The number of sulfone groups is 1. The van der Waals surface area contributed by atoms with Crippen LogP contribution >= 0.6 is 0 Å². The van der Waals surface area contributed by atoms with Crippen molar-refractivity contribution in [2.24, 2.45) is 0 Å². The van der Waals surface area contributed by atoms with Gasteiger partial charge in [-0.1, -0.05) is 12.1 Å². The van der Waals surface area contributed by atoms with Crippen molar-refractivity contribution in [1.29, 1.82) is 0 Å². The van der Waals surface area contributed by atoms with Gasteiger partial charge in [-0.2, -0.15) is 0 Å². The predicted molar refractivity (Wildman–Crippen MR) is 83.8 cm³/mol. The summed E-state index contributed by atoms with van der Waals surface area (Å²) < 4.78 is 36.0. The maximum Gasteiger partial charge on any atom is 0.223 e. The molecule has 1 unspecified atom stereocenters. The number of carbonyl (C=O) groups excluding carboxylic acids is 1. The van der Waals surface area contributed by atoms with Crippen LogP contribution in [0.4, 0.5) is 4.39 Å². The highest BCUT2D eigenvalue weighted by atomic mass is 32.2. The van der Waals surface area contributed by atoms with E-state index < -0.39 is 9.84 Å². The number of benzene rings is 1. The van der Waals surface area contributed by atoms with Crippen LogP contribution in [0.5, 0.6) is 0 Å². The van der Waals surface area contributed by atoms with Crippen molar-refractivity contribution in [3.05, 3.63) is 35.6 Å². The molecule has 0 spiro atoms. The summed E-state index contributed by atoms with van der Waals surface area (Å²) in [5.74, 6) is -0.382. The van der Waals surface area contributed by atoms with Crippen LogP contribution in [0.2, 0.25) is 0 Å². The summed E-state index contributed by atoms with van der Waals surface area (Å²) in [6.07, 6.45) is 3.78. The van der Waals surface area contributed by atoms with E-state index in [-0.39, 0.29) is 36.0 Å². The lowest BCUT2D eigenvalue weighted by molar-refractivity contribution is -0.133. The molecule has 1 aliphatic carbocycles. The van der Waals surface area contributed by atoms with Gasteiger partial charge in [0.25, 0.3) is 0 Å². The van der Waals surface area contributed by atoms with Crippen LogP contribution in [0.3, 0.4) is 0 Å². The third-order valence-electron chi connectivity index (χ3n) is 3.76. The van der Waals surface area contributed by atoms with E-state index in [4.69, 9.17) is 0 Å². The summed E-state index contributed by atoms with van der Waals surface area (Å²) in [5, 5.41) is 0. The minimum absolute atomic E-state index is 0.0186. The van der Waals surface area contributed by atoms with Crippen molar-refractivity contribution >= 4 is 15.7 Å². The van der Waals surface area contributed by atoms with E-state index in [0.717, 1.165) is 18.4 Å². The van der Waals surface area contributed by atoms with Gasteiger partial charge in [-0.25, -0.2) is 12.8 Å². The largest absolute Gasteiger partial charge is 0.336 e. The highest BCUT2D eigenvalue weighted by Gasteiger charge is 2.36. The Labute approximate surface area is 131 Å². The zero-order valence-corrected chi connectivity index (χ0v) is 13.8. The second kappa shape index (κ2) is 6.77. The minimum atomic E-state index is -3.12. The van der Waals surface area contributed by atoms with Crippen LogP contribution in [-0.4, -0.2) is 43.3 Å². The summed E-state index contributed by atoms with van der Waals surface area (Å²) in [4.78, 5) is 14.2.